The number of amides is 1. The van der Waals surface area contributed by atoms with Gasteiger partial charge in [0.2, 0.25) is 11.7 Å². The molecule has 12 heteroatoms. The Morgan fingerprint density at radius 3 is 2.18 bits per heavy atom. The van der Waals surface area contributed by atoms with E-state index in [2.05, 4.69) is 15.6 Å². The molecule has 7 unspecified atom stereocenters. The van der Waals surface area contributed by atoms with Gasteiger partial charge in [0.05, 0.1) is 35.7 Å². The van der Waals surface area contributed by atoms with E-state index in [-0.39, 0.29) is 12.5 Å². The van der Waals surface area contributed by atoms with Crippen molar-refractivity contribution < 1.29 is 39.4 Å². The van der Waals surface area contributed by atoms with E-state index in [9.17, 15) is 25.2 Å². The van der Waals surface area contributed by atoms with Crippen molar-refractivity contribution in [2.75, 3.05) is 23.8 Å². The molecule has 5 heterocycles. The summed E-state index contributed by atoms with van der Waals surface area (Å²) in [4.78, 5) is 23.7. The number of para-hydroxylation sites is 1. The monoisotopic (exact) mass is 754 g/mol. The summed E-state index contributed by atoms with van der Waals surface area (Å²) in [6.07, 6.45) is 0.909. The highest BCUT2D eigenvalue weighted by molar-refractivity contribution is 5.96. The first-order valence-corrected chi connectivity index (χ1v) is 18.9. The summed E-state index contributed by atoms with van der Waals surface area (Å²) in [6, 6.07) is 27.4. The Kier molecular flexibility index (Phi) is 11.5. The van der Waals surface area contributed by atoms with Crippen LogP contribution in [0, 0.1) is 5.41 Å². The van der Waals surface area contributed by atoms with Crippen LogP contribution in [0.3, 0.4) is 0 Å². The van der Waals surface area contributed by atoms with Crippen LogP contribution < -0.4 is 10.6 Å². The lowest BCUT2D eigenvalue weighted by atomic mass is 9.63. The summed E-state index contributed by atoms with van der Waals surface area (Å²) in [7, 11) is 0. The molecule has 10 atom stereocenters. The van der Waals surface area contributed by atoms with Gasteiger partial charge in [0, 0.05) is 23.8 Å². The van der Waals surface area contributed by atoms with Gasteiger partial charge in [-0.05, 0) is 82.0 Å². The van der Waals surface area contributed by atoms with Gasteiger partial charge in [-0.2, -0.15) is 0 Å². The van der Waals surface area contributed by atoms with Crippen molar-refractivity contribution in [3.8, 4) is 0 Å². The van der Waals surface area contributed by atoms with E-state index in [4.69, 9.17) is 19.2 Å². The zero-order chi connectivity index (χ0) is 39.6. The van der Waals surface area contributed by atoms with Gasteiger partial charge in [-0.15, -0.1) is 0 Å². The SMILES string of the molecule is CCC(C)(COC(C)(CC)C1OC2(CO)OC(C)(C1O)C2(C)O)C(=O)Nc1ccccc1[C@H](Nc1ccccn1)[C@@H](c1ccccn1)[C@@H](O)c1ccccc1. The predicted molar refractivity (Wildman–Crippen MR) is 208 cm³/mol. The molecule has 3 aliphatic heterocycles. The van der Waals surface area contributed by atoms with E-state index in [1.54, 1.807) is 26.2 Å². The first kappa shape index (κ1) is 40.4. The van der Waals surface area contributed by atoms with E-state index in [0.29, 0.717) is 41.2 Å². The Hall–Kier alpha value is -4.27. The van der Waals surface area contributed by atoms with Crippen LogP contribution in [0.4, 0.5) is 11.5 Å². The number of aliphatic hydroxyl groups is 4. The number of carbonyl (C=O) groups excluding carboxylic acids is 1. The average Bonchev–Trinajstić information content (AvgIpc) is 3.21. The molecule has 294 valence electrons. The largest absolute Gasteiger partial charge is 0.391 e. The number of pyridine rings is 2. The van der Waals surface area contributed by atoms with E-state index in [1.165, 1.54) is 6.92 Å². The summed E-state index contributed by atoms with van der Waals surface area (Å²) in [5, 5.41) is 51.7. The molecule has 55 heavy (non-hydrogen) atoms. The number of benzene rings is 2. The number of aliphatic hydroxyl groups excluding tert-OH is 3. The van der Waals surface area contributed by atoms with Crippen LogP contribution in [-0.2, 0) is 19.0 Å². The third-order valence-corrected chi connectivity index (χ3v) is 12.2. The zero-order valence-corrected chi connectivity index (χ0v) is 32.3. The molecule has 3 aliphatic rings. The molecule has 2 aromatic carbocycles. The number of rotatable bonds is 16. The minimum Gasteiger partial charge on any atom is -0.391 e. The molecule has 0 aliphatic carbocycles. The van der Waals surface area contributed by atoms with Gasteiger partial charge in [-0.1, -0.05) is 74.5 Å². The fraction of sp³-hybridized carbons (Fsp3) is 0.465. The van der Waals surface area contributed by atoms with Gasteiger partial charge in [-0.25, -0.2) is 4.98 Å². The van der Waals surface area contributed by atoms with E-state index < -0.39 is 64.9 Å². The maximum absolute atomic E-state index is 14.5. The van der Waals surface area contributed by atoms with Gasteiger partial charge in [-0.3, -0.25) is 9.78 Å². The summed E-state index contributed by atoms with van der Waals surface area (Å²) in [6.45, 7) is 9.82. The third kappa shape index (κ3) is 7.17. The molecular formula is C43H54N4O8. The van der Waals surface area contributed by atoms with Gasteiger partial charge >= 0.3 is 0 Å². The summed E-state index contributed by atoms with van der Waals surface area (Å²) < 4.78 is 18.5. The molecule has 0 radical (unpaired) electrons. The van der Waals surface area contributed by atoms with Crippen LogP contribution in [0.2, 0.25) is 0 Å². The lowest BCUT2D eigenvalue weighted by molar-refractivity contribution is -0.551. The number of nitrogens with one attached hydrogen (secondary N) is 2. The molecule has 3 saturated heterocycles. The molecule has 1 amide bonds. The summed E-state index contributed by atoms with van der Waals surface area (Å²) in [5.41, 5.74) is -2.65. The normalized spacial score (nSPS) is 28.4. The van der Waals surface area contributed by atoms with Crippen molar-refractivity contribution in [3.63, 3.8) is 0 Å². The van der Waals surface area contributed by atoms with E-state index >= 15 is 0 Å². The first-order chi connectivity index (χ1) is 26.2. The Balaban J connectivity index is 1.31. The van der Waals surface area contributed by atoms with Crippen LogP contribution >= 0.6 is 0 Å². The molecular weight excluding hydrogens is 700 g/mol. The predicted octanol–water partition coefficient (Wildman–Crippen LogP) is 5.68. The lowest BCUT2D eigenvalue weighted by Crippen LogP contribution is -2.91. The molecule has 12 nitrogen and oxygen atoms in total. The average molecular weight is 755 g/mol. The molecule has 3 fully saturated rings. The maximum Gasteiger partial charge on any atom is 0.232 e. The summed E-state index contributed by atoms with van der Waals surface area (Å²) >= 11 is 0. The van der Waals surface area contributed by atoms with Crippen LogP contribution in [0.25, 0.3) is 0 Å². The third-order valence-electron chi connectivity index (χ3n) is 12.2. The van der Waals surface area contributed by atoms with Crippen molar-refractivity contribution in [1.29, 1.82) is 0 Å². The Bertz CT molecular complexity index is 1900. The zero-order valence-electron chi connectivity index (χ0n) is 32.3. The number of anilines is 2. The molecule has 4 aromatic rings. The number of carbonyl (C=O) groups is 1. The van der Waals surface area contributed by atoms with Crippen LogP contribution in [-0.4, -0.2) is 84.3 Å². The van der Waals surface area contributed by atoms with Crippen LogP contribution in [0.15, 0.2) is 103 Å². The molecule has 0 saturated carbocycles. The van der Waals surface area contributed by atoms with Crippen LogP contribution in [0.5, 0.6) is 0 Å². The number of fused-ring (bicyclic) bond motifs is 2. The van der Waals surface area contributed by atoms with E-state index in [0.717, 1.165) is 0 Å². The lowest BCUT2D eigenvalue weighted by Gasteiger charge is -2.71. The number of aromatic nitrogens is 2. The highest BCUT2D eigenvalue weighted by atomic mass is 16.8. The van der Waals surface area contributed by atoms with Gasteiger partial charge < -0.3 is 45.3 Å². The van der Waals surface area contributed by atoms with Crippen molar-refractivity contribution in [2.24, 2.45) is 5.41 Å². The first-order valence-electron chi connectivity index (χ1n) is 18.9. The standard InChI is InChI=1S/C43H54N4O8/c1-7-39(3,27-53-40(4,8-2)37-36(50)41(5)42(6,52)43(26-48,54-37)55-41)38(51)46-30-21-13-12-20-29(30)34(47-32-23-15-17-25-45-32)33(31-22-14-16-24-44-31)35(49)28-18-10-9-11-19-28/h9-25,33-37,48-50,52H,7-8,26-27H2,1-6H3,(H,45,47)(H,46,51)/t33-,34+,35+,36?,37?,39?,40?,41?,42?,43?/m1/s1. The molecule has 2 bridgehead atoms. The maximum atomic E-state index is 14.5. The molecule has 7 rings (SSSR count). The molecule has 0 spiro atoms. The highest BCUT2D eigenvalue weighted by Crippen LogP contribution is 2.59. The smallest absolute Gasteiger partial charge is 0.232 e. The summed E-state index contributed by atoms with van der Waals surface area (Å²) in [5.74, 6) is -2.07. The number of nitrogens with zero attached hydrogens (tertiary/aromatic N) is 2. The quantitative estimate of drug-likeness (QED) is 0.0831. The fourth-order valence-corrected chi connectivity index (χ4v) is 7.71. The van der Waals surface area contributed by atoms with Crippen molar-refractivity contribution in [3.05, 3.63) is 120 Å². The minimum atomic E-state index is -1.72. The fourth-order valence-electron chi connectivity index (χ4n) is 7.71. The van der Waals surface area contributed by atoms with Crippen molar-refractivity contribution in [1.82, 2.24) is 9.97 Å². The second-order valence-corrected chi connectivity index (χ2v) is 15.6. The molecule has 6 N–H and O–H groups in total. The Morgan fingerprint density at radius 2 is 1.58 bits per heavy atom. The van der Waals surface area contributed by atoms with Gasteiger partial charge in [0.15, 0.2) is 0 Å². The molecule has 2 aromatic heterocycles. The Labute approximate surface area is 322 Å². The van der Waals surface area contributed by atoms with Crippen LogP contribution in [0.1, 0.15) is 89.3 Å². The van der Waals surface area contributed by atoms with Gasteiger partial charge in [0.25, 0.3) is 0 Å². The van der Waals surface area contributed by atoms with E-state index in [1.807, 2.05) is 112 Å². The number of hydrogen-bond acceptors (Lipinski definition) is 11. The highest BCUT2D eigenvalue weighted by Gasteiger charge is 2.81. The second kappa shape index (κ2) is 15.7. The second-order valence-electron chi connectivity index (χ2n) is 15.6. The van der Waals surface area contributed by atoms with Gasteiger partial charge in [0.1, 0.15) is 35.8 Å². The number of ether oxygens (including phenoxy) is 3. The van der Waals surface area contributed by atoms with Crippen molar-refractivity contribution in [2.45, 2.75) is 107 Å². The number of hydrogen-bond donors (Lipinski definition) is 6. The minimum absolute atomic E-state index is 0.0343. The topological polar surface area (TPSA) is 176 Å². The Morgan fingerprint density at radius 1 is 0.927 bits per heavy atom. The van der Waals surface area contributed by atoms with Crippen molar-refractivity contribution >= 4 is 17.4 Å².